The van der Waals surface area contributed by atoms with Gasteiger partial charge >= 0.3 is 5.65 Å². The van der Waals surface area contributed by atoms with Crippen LogP contribution in [0.5, 0.6) is 0 Å². The number of imidazole rings is 1. The van der Waals surface area contributed by atoms with Crippen LogP contribution in [0.1, 0.15) is 25.3 Å². The van der Waals surface area contributed by atoms with E-state index in [-0.39, 0.29) is 0 Å². The summed E-state index contributed by atoms with van der Waals surface area (Å²) in [4.78, 5) is 7.58. The maximum atomic E-state index is 4.39. The van der Waals surface area contributed by atoms with Gasteiger partial charge in [-0.1, -0.05) is 13.8 Å². The van der Waals surface area contributed by atoms with Gasteiger partial charge in [-0.25, -0.2) is 4.57 Å². The largest absolute Gasteiger partial charge is 0.301 e. The second-order valence-corrected chi connectivity index (χ2v) is 3.68. The van der Waals surface area contributed by atoms with E-state index in [0.29, 0.717) is 5.92 Å². The van der Waals surface area contributed by atoms with Crippen molar-refractivity contribution in [3.8, 4) is 0 Å². The van der Waals surface area contributed by atoms with Gasteiger partial charge in [0.1, 0.15) is 6.20 Å². The molecule has 13 heavy (non-hydrogen) atoms. The van der Waals surface area contributed by atoms with Gasteiger partial charge in [0.2, 0.25) is 0 Å². The molecule has 0 saturated heterocycles. The average Bonchev–Trinajstić information content (AvgIpc) is 2.47. The SMILES string of the molecule is CC(C)c1cnc2c(c1)[nH]c[n+]2C. The Hall–Kier alpha value is -1.38. The zero-order valence-electron chi connectivity index (χ0n) is 8.20. The van der Waals surface area contributed by atoms with Crippen molar-refractivity contribution in [1.29, 1.82) is 0 Å². The number of pyridine rings is 1. The van der Waals surface area contributed by atoms with Crippen LogP contribution in [0.3, 0.4) is 0 Å². The molecular formula is C10H14N3+. The third kappa shape index (κ3) is 1.30. The van der Waals surface area contributed by atoms with Gasteiger partial charge in [0, 0.05) is 0 Å². The third-order valence-electron chi connectivity index (χ3n) is 2.30. The number of aryl methyl sites for hydroxylation is 1. The van der Waals surface area contributed by atoms with Crippen molar-refractivity contribution in [2.45, 2.75) is 19.8 Å². The number of fused-ring (bicyclic) bond motifs is 1. The molecule has 2 aromatic rings. The highest BCUT2D eigenvalue weighted by Gasteiger charge is 2.10. The molecule has 2 rings (SSSR count). The Morgan fingerprint density at radius 2 is 2.23 bits per heavy atom. The average molecular weight is 176 g/mol. The fourth-order valence-electron chi connectivity index (χ4n) is 1.40. The Balaban J connectivity index is 2.63. The summed E-state index contributed by atoms with van der Waals surface area (Å²) in [6.07, 6.45) is 3.86. The molecule has 3 nitrogen and oxygen atoms in total. The van der Waals surface area contributed by atoms with Crippen molar-refractivity contribution in [2.24, 2.45) is 7.05 Å². The van der Waals surface area contributed by atoms with Gasteiger partial charge in [0.05, 0.1) is 7.05 Å². The molecule has 1 N–H and O–H groups in total. The molecule has 0 aromatic carbocycles. The smallest absolute Gasteiger partial charge is 0.274 e. The number of hydrogen-bond donors (Lipinski definition) is 1. The topological polar surface area (TPSA) is 32.6 Å². The lowest BCUT2D eigenvalue weighted by Gasteiger charge is -2.00. The van der Waals surface area contributed by atoms with Gasteiger partial charge < -0.3 is 0 Å². The Bertz CT molecular complexity index is 429. The normalized spacial score (nSPS) is 11.4. The van der Waals surface area contributed by atoms with Crippen molar-refractivity contribution < 1.29 is 4.57 Å². The quantitative estimate of drug-likeness (QED) is 0.656. The monoisotopic (exact) mass is 176 g/mol. The molecule has 0 radical (unpaired) electrons. The maximum absolute atomic E-state index is 4.39. The number of hydrogen-bond acceptors (Lipinski definition) is 1. The lowest BCUT2D eigenvalue weighted by molar-refractivity contribution is -0.646. The number of aromatic amines is 1. The Morgan fingerprint density at radius 1 is 1.46 bits per heavy atom. The molecule has 0 aliphatic heterocycles. The molecule has 0 unspecified atom stereocenters. The summed E-state index contributed by atoms with van der Waals surface area (Å²) < 4.78 is 1.99. The van der Waals surface area contributed by atoms with Crippen LogP contribution < -0.4 is 4.57 Å². The first-order valence-corrected chi connectivity index (χ1v) is 4.51. The third-order valence-corrected chi connectivity index (χ3v) is 2.30. The van der Waals surface area contributed by atoms with Gasteiger partial charge in [0.25, 0.3) is 0 Å². The number of nitrogens with zero attached hydrogens (tertiary/aromatic N) is 2. The molecule has 0 saturated carbocycles. The number of aromatic nitrogens is 3. The Labute approximate surface area is 77.4 Å². The van der Waals surface area contributed by atoms with Gasteiger partial charge in [-0.15, -0.1) is 4.98 Å². The van der Waals surface area contributed by atoms with Crippen LogP contribution in [-0.4, -0.2) is 9.97 Å². The predicted octanol–water partition coefficient (Wildman–Crippen LogP) is 1.51. The van der Waals surface area contributed by atoms with E-state index in [4.69, 9.17) is 0 Å². The van der Waals surface area contributed by atoms with Crippen molar-refractivity contribution in [3.63, 3.8) is 0 Å². The van der Waals surface area contributed by atoms with E-state index in [9.17, 15) is 0 Å². The van der Waals surface area contributed by atoms with Gasteiger partial charge in [-0.05, 0) is 17.5 Å². The zero-order valence-corrected chi connectivity index (χ0v) is 8.20. The number of nitrogens with one attached hydrogen (secondary N) is 1. The molecule has 68 valence electrons. The molecule has 0 atom stereocenters. The lowest BCUT2D eigenvalue weighted by Crippen LogP contribution is -2.25. The molecule has 0 spiro atoms. The predicted molar refractivity (Wildman–Crippen MR) is 51.4 cm³/mol. The summed E-state index contributed by atoms with van der Waals surface area (Å²) in [5.41, 5.74) is 3.38. The van der Waals surface area contributed by atoms with Crippen LogP contribution in [0.2, 0.25) is 0 Å². The van der Waals surface area contributed by atoms with Crippen LogP contribution >= 0.6 is 0 Å². The van der Waals surface area contributed by atoms with E-state index in [1.165, 1.54) is 5.56 Å². The minimum absolute atomic E-state index is 0.533. The van der Waals surface area contributed by atoms with Crippen LogP contribution in [0, 0.1) is 0 Å². The van der Waals surface area contributed by atoms with E-state index in [1.807, 2.05) is 24.1 Å². The molecule has 0 fully saturated rings. The molecule has 0 amide bonds. The van der Waals surface area contributed by atoms with Crippen molar-refractivity contribution in [1.82, 2.24) is 9.97 Å². The zero-order chi connectivity index (χ0) is 9.42. The summed E-state index contributed by atoms with van der Waals surface area (Å²) >= 11 is 0. The minimum Gasteiger partial charge on any atom is -0.274 e. The lowest BCUT2D eigenvalue weighted by atomic mass is 10.1. The van der Waals surface area contributed by atoms with Crippen LogP contribution in [0.25, 0.3) is 11.2 Å². The number of rotatable bonds is 1. The van der Waals surface area contributed by atoms with Gasteiger partial charge in [-0.3, -0.25) is 4.98 Å². The first-order chi connectivity index (χ1) is 6.18. The van der Waals surface area contributed by atoms with Gasteiger partial charge in [-0.2, -0.15) is 0 Å². The molecule has 3 heteroatoms. The Morgan fingerprint density at radius 3 is 2.92 bits per heavy atom. The maximum Gasteiger partial charge on any atom is 0.301 e. The molecular weight excluding hydrogens is 162 g/mol. The summed E-state index contributed by atoms with van der Waals surface area (Å²) in [5, 5.41) is 0. The molecule has 0 aliphatic rings. The fourth-order valence-corrected chi connectivity index (χ4v) is 1.40. The van der Waals surface area contributed by atoms with Crippen LogP contribution in [0.4, 0.5) is 0 Å². The van der Waals surface area contributed by atoms with E-state index < -0.39 is 0 Å². The summed E-state index contributed by atoms with van der Waals surface area (Å²) in [5.74, 6) is 0.533. The van der Waals surface area contributed by atoms with E-state index >= 15 is 0 Å². The van der Waals surface area contributed by atoms with Crippen molar-refractivity contribution in [2.75, 3.05) is 0 Å². The summed E-state index contributed by atoms with van der Waals surface area (Å²) in [7, 11) is 1.99. The minimum atomic E-state index is 0.533. The highest BCUT2D eigenvalue weighted by atomic mass is 15.1. The molecule has 0 bridgehead atoms. The Kier molecular flexibility index (Phi) is 1.79. The second kappa shape index (κ2) is 2.83. The van der Waals surface area contributed by atoms with Crippen LogP contribution in [0.15, 0.2) is 18.6 Å². The second-order valence-electron chi connectivity index (χ2n) is 3.68. The van der Waals surface area contributed by atoms with E-state index in [2.05, 4.69) is 29.9 Å². The molecule has 2 heterocycles. The summed E-state index contributed by atoms with van der Waals surface area (Å²) in [6.45, 7) is 4.34. The summed E-state index contributed by atoms with van der Waals surface area (Å²) in [6, 6.07) is 2.16. The highest BCUT2D eigenvalue weighted by molar-refractivity contribution is 5.66. The van der Waals surface area contributed by atoms with E-state index in [1.54, 1.807) is 0 Å². The molecule has 2 aromatic heterocycles. The van der Waals surface area contributed by atoms with Crippen molar-refractivity contribution in [3.05, 3.63) is 24.2 Å². The highest BCUT2D eigenvalue weighted by Crippen LogP contribution is 2.15. The number of H-pyrrole nitrogens is 1. The van der Waals surface area contributed by atoms with Crippen molar-refractivity contribution >= 4 is 11.2 Å². The first kappa shape index (κ1) is 8.23. The van der Waals surface area contributed by atoms with Gasteiger partial charge in [0.15, 0.2) is 11.8 Å². The first-order valence-electron chi connectivity index (χ1n) is 4.51. The standard InChI is InChI=1S/C10H13N3/c1-7(2)8-4-9-10(11-5-8)13(3)6-12-9/h4-7H,1-3H3/p+1. The fraction of sp³-hybridized carbons (Fsp3) is 0.400. The van der Waals surface area contributed by atoms with E-state index in [0.717, 1.165) is 11.2 Å². The molecule has 0 aliphatic carbocycles. The van der Waals surface area contributed by atoms with Crippen LogP contribution in [-0.2, 0) is 7.05 Å².